The number of nitrogens with zero attached hydrogens (tertiary/aromatic N) is 2. The first-order chi connectivity index (χ1) is 18.9. The molecule has 1 aliphatic heterocycles. The maximum Gasteiger partial charge on any atom is 0.337 e. The van der Waals surface area contributed by atoms with Crippen LogP contribution in [0.3, 0.4) is 0 Å². The van der Waals surface area contributed by atoms with Crippen molar-refractivity contribution >= 4 is 40.6 Å². The van der Waals surface area contributed by atoms with Gasteiger partial charge >= 0.3 is 5.97 Å². The number of esters is 1. The minimum Gasteiger partial charge on any atom is -0.495 e. The number of hydrogen-bond donors (Lipinski definition) is 2. The van der Waals surface area contributed by atoms with Crippen molar-refractivity contribution in [1.29, 1.82) is 0 Å². The van der Waals surface area contributed by atoms with Gasteiger partial charge in [0.15, 0.2) is 5.11 Å². The number of furan rings is 1. The summed E-state index contributed by atoms with van der Waals surface area (Å²) in [6, 6.07) is 21.2. The number of carbonyl (C=O) groups excluding carboxylic acids is 2. The zero-order valence-corrected chi connectivity index (χ0v) is 22.3. The number of thiocarbonyl (C=S) groups is 1. The molecule has 0 saturated carbocycles. The number of benzene rings is 2. The Morgan fingerprint density at radius 2 is 1.90 bits per heavy atom. The number of ether oxygens (including phenoxy) is 2. The molecule has 4 aromatic rings. The molecular formula is C29H26N4O5S. The average Bonchev–Trinajstić information content (AvgIpc) is 3.57. The van der Waals surface area contributed by atoms with E-state index in [-0.39, 0.29) is 11.9 Å². The van der Waals surface area contributed by atoms with Crippen LogP contribution in [0.2, 0.25) is 0 Å². The zero-order chi connectivity index (χ0) is 27.5. The number of aromatic nitrogens is 1. The molecule has 1 amide bonds. The number of hydrogen-bond acceptors (Lipinski definition) is 7. The Bertz CT molecular complexity index is 1540. The molecule has 198 valence electrons. The third kappa shape index (κ3) is 5.19. The molecule has 9 nitrogen and oxygen atoms in total. The normalized spacial score (nSPS) is 16.5. The van der Waals surface area contributed by atoms with Crippen LogP contribution in [-0.2, 0) is 9.53 Å². The molecule has 0 radical (unpaired) electrons. The molecule has 1 aliphatic rings. The van der Waals surface area contributed by atoms with Gasteiger partial charge in [-0.25, -0.2) is 4.79 Å². The first-order valence-corrected chi connectivity index (χ1v) is 12.5. The van der Waals surface area contributed by atoms with E-state index in [9.17, 15) is 9.59 Å². The molecule has 2 atom stereocenters. The van der Waals surface area contributed by atoms with E-state index < -0.39 is 12.0 Å². The predicted octanol–water partition coefficient (Wildman–Crippen LogP) is 5.27. The minimum absolute atomic E-state index is 0.222. The van der Waals surface area contributed by atoms with Gasteiger partial charge in [-0.15, -0.1) is 0 Å². The molecule has 39 heavy (non-hydrogen) atoms. The Kier molecular flexibility index (Phi) is 7.29. The topological polar surface area (TPSA) is 106 Å². The second kappa shape index (κ2) is 11.0. The van der Waals surface area contributed by atoms with Gasteiger partial charge in [0.2, 0.25) is 5.91 Å². The van der Waals surface area contributed by atoms with Crippen LogP contribution in [0.25, 0.3) is 11.3 Å². The number of methoxy groups -OCH3 is 2. The highest BCUT2D eigenvalue weighted by Crippen LogP contribution is 2.44. The summed E-state index contributed by atoms with van der Waals surface area (Å²) in [4.78, 5) is 30.4. The van der Waals surface area contributed by atoms with Crippen LogP contribution in [0, 0.1) is 0 Å². The average molecular weight is 543 g/mol. The van der Waals surface area contributed by atoms with Gasteiger partial charge in [0.1, 0.15) is 23.3 Å². The number of amides is 1. The molecule has 2 aromatic heterocycles. The van der Waals surface area contributed by atoms with Crippen molar-refractivity contribution in [3.63, 3.8) is 0 Å². The lowest BCUT2D eigenvalue weighted by atomic mass is 10.0. The number of carbonyl (C=O) groups is 2. The van der Waals surface area contributed by atoms with Crippen molar-refractivity contribution in [2.24, 2.45) is 0 Å². The summed E-state index contributed by atoms with van der Waals surface area (Å²) in [5.41, 5.74) is 3.19. The van der Waals surface area contributed by atoms with Crippen molar-refractivity contribution in [2.45, 2.75) is 19.0 Å². The summed E-state index contributed by atoms with van der Waals surface area (Å²) in [5.74, 6) is 1.09. The maximum absolute atomic E-state index is 12.1. The molecule has 0 bridgehead atoms. The molecule has 1 saturated heterocycles. The fourth-order valence-electron chi connectivity index (χ4n) is 4.64. The molecule has 2 aromatic carbocycles. The number of nitrogens with one attached hydrogen (secondary N) is 2. The molecule has 0 aliphatic carbocycles. The van der Waals surface area contributed by atoms with Crippen molar-refractivity contribution in [3.8, 4) is 17.1 Å². The second-order valence-corrected chi connectivity index (χ2v) is 9.22. The number of anilines is 2. The lowest BCUT2D eigenvalue weighted by Gasteiger charge is -2.27. The van der Waals surface area contributed by atoms with Crippen LogP contribution in [-0.4, -0.2) is 36.2 Å². The molecule has 1 fully saturated rings. The molecular weight excluding hydrogens is 516 g/mol. The van der Waals surface area contributed by atoms with Crippen LogP contribution < -0.4 is 20.3 Å². The monoisotopic (exact) mass is 542 g/mol. The first kappa shape index (κ1) is 25.9. The highest BCUT2D eigenvalue weighted by Gasteiger charge is 2.42. The van der Waals surface area contributed by atoms with Crippen LogP contribution >= 0.6 is 12.2 Å². The Hall–Kier alpha value is -4.70. The summed E-state index contributed by atoms with van der Waals surface area (Å²) in [7, 11) is 2.89. The summed E-state index contributed by atoms with van der Waals surface area (Å²) in [5, 5.41) is 6.68. The number of rotatable bonds is 7. The summed E-state index contributed by atoms with van der Waals surface area (Å²) in [6.07, 6.45) is 1.73. The summed E-state index contributed by atoms with van der Waals surface area (Å²) in [6.45, 7) is 1.44. The lowest BCUT2D eigenvalue weighted by Crippen LogP contribution is -2.29. The van der Waals surface area contributed by atoms with Crippen molar-refractivity contribution in [1.82, 2.24) is 10.3 Å². The number of pyridine rings is 1. The van der Waals surface area contributed by atoms with E-state index in [2.05, 4.69) is 15.6 Å². The minimum atomic E-state index is -0.426. The van der Waals surface area contributed by atoms with Crippen LogP contribution in [0.15, 0.2) is 83.4 Å². The largest absolute Gasteiger partial charge is 0.495 e. The molecule has 3 heterocycles. The Balaban J connectivity index is 1.59. The van der Waals surface area contributed by atoms with E-state index >= 15 is 0 Å². The quantitative estimate of drug-likeness (QED) is 0.239. The van der Waals surface area contributed by atoms with Crippen LogP contribution in [0.1, 0.15) is 40.8 Å². The van der Waals surface area contributed by atoms with Crippen molar-refractivity contribution < 1.29 is 23.5 Å². The highest BCUT2D eigenvalue weighted by atomic mass is 32.1. The van der Waals surface area contributed by atoms with Crippen molar-refractivity contribution in [3.05, 3.63) is 96.0 Å². The van der Waals surface area contributed by atoms with E-state index in [0.29, 0.717) is 33.6 Å². The fourth-order valence-corrected chi connectivity index (χ4v) is 4.99. The first-order valence-electron chi connectivity index (χ1n) is 12.1. The molecule has 2 N–H and O–H groups in total. The summed E-state index contributed by atoms with van der Waals surface area (Å²) < 4.78 is 16.7. The third-order valence-corrected chi connectivity index (χ3v) is 6.67. The van der Waals surface area contributed by atoms with Gasteiger partial charge in [0.05, 0.1) is 37.2 Å². The van der Waals surface area contributed by atoms with Gasteiger partial charge in [-0.1, -0.05) is 18.2 Å². The van der Waals surface area contributed by atoms with E-state index in [4.69, 9.17) is 26.1 Å². The van der Waals surface area contributed by atoms with Gasteiger partial charge in [-0.05, 0) is 66.8 Å². The van der Waals surface area contributed by atoms with E-state index in [1.807, 2.05) is 53.4 Å². The van der Waals surface area contributed by atoms with Crippen molar-refractivity contribution in [2.75, 3.05) is 24.4 Å². The molecule has 0 spiro atoms. The summed E-state index contributed by atoms with van der Waals surface area (Å²) >= 11 is 5.80. The second-order valence-electron chi connectivity index (χ2n) is 8.84. The predicted molar refractivity (Wildman–Crippen MR) is 151 cm³/mol. The van der Waals surface area contributed by atoms with Gasteiger partial charge in [-0.3, -0.25) is 9.78 Å². The Morgan fingerprint density at radius 3 is 2.62 bits per heavy atom. The van der Waals surface area contributed by atoms with Gasteiger partial charge in [-0.2, -0.15) is 0 Å². The van der Waals surface area contributed by atoms with Gasteiger partial charge < -0.3 is 29.4 Å². The van der Waals surface area contributed by atoms with Gasteiger partial charge in [0.25, 0.3) is 0 Å². The molecule has 0 unspecified atom stereocenters. The van der Waals surface area contributed by atoms with Gasteiger partial charge in [0, 0.05) is 24.4 Å². The highest BCUT2D eigenvalue weighted by molar-refractivity contribution is 7.80. The standard InChI is InChI=1S/C29H26N4O5S/c1-17(34)31-22-16-20(10-11-24(22)36-2)33-27(26(32-29(33)39)21-9-4-5-14-30-21)25-13-12-23(38-25)18-7-6-8-19(15-18)28(35)37-3/h4-16,26-27H,1-3H3,(H,31,34)(H,32,39)/t26-,27+/m1/s1. The lowest BCUT2D eigenvalue weighted by molar-refractivity contribution is -0.114. The third-order valence-electron chi connectivity index (χ3n) is 6.36. The van der Waals surface area contributed by atoms with E-state index in [1.54, 1.807) is 37.6 Å². The van der Waals surface area contributed by atoms with Crippen LogP contribution in [0.5, 0.6) is 5.75 Å². The maximum atomic E-state index is 12.1. The Morgan fingerprint density at radius 1 is 1.05 bits per heavy atom. The van der Waals surface area contributed by atoms with E-state index in [1.165, 1.54) is 14.0 Å². The SMILES string of the molecule is COC(=O)c1cccc(-c2ccc([C@H]3[C@@H](c4ccccn4)NC(=S)N3c3ccc(OC)c(NC(C)=O)c3)o2)c1. The zero-order valence-electron chi connectivity index (χ0n) is 21.5. The molecule has 10 heteroatoms. The Labute approximate surface area is 230 Å². The van der Waals surface area contributed by atoms with Crippen LogP contribution in [0.4, 0.5) is 11.4 Å². The molecule has 5 rings (SSSR count). The smallest absolute Gasteiger partial charge is 0.337 e. The van der Waals surface area contributed by atoms with E-state index in [0.717, 1.165) is 16.9 Å². The fraction of sp³-hybridized carbons (Fsp3) is 0.172.